The van der Waals surface area contributed by atoms with Crippen molar-refractivity contribution in [1.82, 2.24) is 19.6 Å². The third-order valence-electron chi connectivity index (χ3n) is 3.36. The Morgan fingerprint density at radius 2 is 2.04 bits per heavy atom. The molecule has 0 unspecified atom stereocenters. The number of aromatic nitrogens is 4. The van der Waals surface area contributed by atoms with Crippen molar-refractivity contribution in [1.29, 1.82) is 0 Å². The molecule has 0 bridgehead atoms. The molecule has 0 aliphatic rings. The van der Waals surface area contributed by atoms with E-state index >= 15 is 0 Å². The van der Waals surface area contributed by atoms with Gasteiger partial charge in [0.05, 0.1) is 23.1 Å². The average molecular weight is 313 g/mol. The van der Waals surface area contributed by atoms with Crippen LogP contribution in [0.4, 0.5) is 10.2 Å². The predicted octanol–water partition coefficient (Wildman–Crippen LogP) is 2.79. The summed E-state index contributed by atoms with van der Waals surface area (Å²) in [5.74, 6) is -0.0773. The zero-order valence-electron chi connectivity index (χ0n) is 12.8. The van der Waals surface area contributed by atoms with Crippen LogP contribution in [0.25, 0.3) is 5.69 Å². The smallest absolute Gasteiger partial charge is 0.260 e. The van der Waals surface area contributed by atoms with Gasteiger partial charge in [-0.2, -0.15) is 10.2 Å². The van der Waals surface area contributed by atoms with Crippen LogP contribution in [0.1, 0.15) is 23.0 Å². The fourth-order valence-electron chi connectivity index (χ4n) is 2.21. The van der Waals surface area contributed by atoms with Crippen molar-refractivity contribution >= 4 is 11.7 Å². The lowest BCUT2D eigenvalue weighted by Gasteiger charge is -2.08. The Balaban J connectivity index is 1.88. The first-order chi connectivity index (χ1) is 11.1. The van der Waals surface area contributed by atoms with E-state index in [0.717, 1.165) is 5.69 Å². The van der Waals surface area contributed by atoms with Crippen LogP contribution in [0.15, 0.2) is 42.7 Å². The average Bonchev–Trinajstić information content (AvgIpc) is 3.15. The summed E-state index contributed by atoms with van der Waals surface area (Å²) >= 11 is 0. The highest BCUT2D eigenvalue weighted by Crippen LogP contribution is 2.18. The lowest BCUT2D eigenvalue weighted by Crippen LogP contribution is -2.14. The molecular formula is C16H16FN5O. The van der Waals surface area contributed by atoms with Gasteiger partial charge in [-0.05, 0) is 38.1 Å². The highest BCUT2D eigenvalue weighted by atomic mass is 19.1. The Kier molecular flexibility index (Phi) is 3.92. The van der Waals surface area contributed by atoms with Gasteiger partial charge >= 0.3 is 0 Å². The lowest BCUT2D eigenvalue weighted by molar-refractivity contribution is 0.102. The summed E-state index contributed by atoms with van der Waals surface area (Å²) in [5.41, 5.74) is 1.88. The summed E-state index contributed by atoms with van der Waals surface area (Å²) in [5, 5.41) is 11.2. The van der Waals surface area contributed by atoms with Gasteiger partial charge in [0.15, 0.2) is 0 Å². The maximum absolute atomic E-state index is 13.1. The van der Waals surface area contributed by atoms with Crippen molar-refractivity contribution in [2.45, 2.75) is 20.4 Å². The molecule has 118 valence electrons. The van der Waals surface area contributed by atoms with E-state index < -0.39 is 0 Å². The zero-order valence-corrected chi connectivity index (χ0v) is 12.8. The third-order valence-corrected chi connectivity index (χ3v) is 3.36. The molecule has 0 spiro atoms. The Morgan fingerprint density at radius 1 is 1.30 bits per heavy atom. The van der Waals surface area contributed by atoms with Crippen LogP contribution in [-0.4, -0.2) is 25.5 Å². The van der Waals surface area contributed by atoms with E-state index in [9.17, 15) is 9.18 Å². The number of carbonyl (C=O) groups is 1. The van der Waals surface area contributed by atoms with E-state index in [4.69, 9.17) is 0 Å². The summed E-state index contributed by atoms with van der Waals surface area (Å²) in [7, 11) is 0. The molecule has 1 aromatic carbocycles. The minimum absolute atomic E-state index is 0.270. The third kappa shape index (κ3) is 3.13. The molecule has 0 atom stereocenters. The van der Waals surface area contributed by atoms with Crippen LogP contribution in [0.5, 0.6) is 0 Å². The molecule has 23 heavy (non-hydrogen) atoms. The summed E-state index contributed by atoms with van der Waals surface area (Å²) in [6.07, 6.45) is 3.20. The lowest BCUT2D eigenvalue weighted by atomic mass is 10.3. The number of carbonyl (C=O) groups excluding carboxylic acids is 1. The Morgan fingerprint density at radius 3 is 2.70 bits per heavy atom. The minimum Gasteiger partial charge on any atom is -0.306 e. The zero-order chi connectivity index (χ0) is 16.4. The summed E-state index contributed by atoms with van der Waals surface area (Å²) in [6, 6.07) is 7.66. The van der Waals surface area contributed by atoms with Gasteiger partial charge in [0.25, 0.3) is 5.91 Å². The molecule has 0 fully saturated rings. The first-order valence-electron chi connectivity index (χ1n) is 7.23. The van der Waals surface area contributed by atoms with Gasteiger partial charge in [-0.15, -0.1) is 0 Å². The molecule has 1 N–H and O–H groups in total. The van der Waals surface area contributed by atoms with Crippen LogP contribution < -0.4 is 5.32 Å². The van der Waals surface area contributed by atoms with Gasteiger partial charge in [-0.25, -0.2) is 9.07 Å². The molecule has 1 amide bonds. The number of hydrogen-bond acceptors (Lipinski definition) is 3. The van der Waals surface area contributed by atoms with Crippen LogP contribution in [0.3, 0.4) is 0 Å². The van der Waals surface area contributed by atoms with Crippen LogP contribution in [-0.2, 0) is 6.54 Å². The van der Waals surface area contributed by atoms with Gasteiger partial charge < -0.3 is 5.32 Å². The van der Waals surface area contributed by atoms with Gasteiger partial charge in [-0.1, -0.05) is 0 Å². The number of benzene rings is 1. The fraction of sp³-hybridized carbons (Fsp3) is 0.188. The second-order valence-corrected chi connectivity index (χ2v) is 5.10. The van der Waals surface area contributed by atoms with Gasteiger partial charge in [0.1, 0.15) is 11.6 Å². The SMILES string of the molecule is CCn1cc(C(=O)Nc2cc(C)nn2-c2ccc(F)cc2)cn1. The molecule has 0 radical (unpaired) electrons. The molecule has 3 rings (SSSR count). The molecule has 0 saturated carbocycles. The minimum atomic E-state index is -0.324. The quantitative estimate of drug-likeness (QED) is 0.805. The van der Waals surface area contributed by atoms with Crippen molar-refractivity contribution in [3.8, 4) is 5.69 Å². The van der Waals surface area contributed by atoms with Crippen LogP contribution >= 0.6 is 0 Å². The van der Waals surface area contributed by atoms with E-state index in [1.807, 2.05) is 13.8 Å². The number of amides is 1. The molecule has 3 aromatic rings. The largest absolute Gasteiger partial charge is 0.306 e. The molecule has 0 saturated heterocycles. The topological polar surface area (TPSA) is 64.7 Å². The Bertz CT molecular complexity index is 835. The summed E-state index contributed by atoms with van der Waals surface area (Å²) < 4.78 is 16.3. The molecule has 6 nitrogen and oxygen atoms in total. The first-order valence-corrected chi connectivity index (χ1v) is 7.23. The van der Waals surface area contributed by atoms with E-state index in [2.05, 4.69) is 15.5 Å². The number of hydrogen-bond donors (Lipinski definition) is 1. The maximum Gasteiger partial charge on any atom is 0.260 e. The highest BCUT2D eigenvalue weighted by Gasteiger charge is 2.14. The number of nitrogens with zero attached hydrogens (tertiary/aromatic N) is 4. The van der Waals surface area contributed by atoms with E-state index in [1.54, 1.807) is 33.8 Å². The standard InChI is InChI=1S/C16H16FN5O/c1-3-21-10-12(9-18-21)16(23)19-15-8-11(2)20-22(15)14-6-4-13(17)5-7-14/h4-10H,3H2,1-2H3,(H,19,23). The van der Waals surface area contributed by atoms with E-state index in [-0.39, 0.29) is 11.7 Å². The van der Waals surface area contributed by atoms with E-state index in [1.165, 1.54) is 18.3 Å². The second-order valence-electron chi connectivity index (χ2n) is 5.10. The number of nitrogens with one attached hydrogen (secondary N) is 1. The van der Waals surface area contributed by atoms with Crippen LogP contribution in [0.2, 0.25) is 0 Å². The number of anilines is 1. The van der Waals surface area contributed by atoms with Crippen molar-refractivity contribution < 1.29 is 9.18 Å². The fourth-order valence-corrected chi connectivity index (χ4v) is 2.21. The van der Waals surface area contributed by atoms with E-state index in [0.29, 0.717) is 23.6 Å². The summed E-state index contributed by atoms with van der Waals surface area (Å²) in [6.45, 7) is 4.46. The number of rotatable bonds is 4. The highest BCUT2D eigenvalue weighted by molar-refractivity contribution is 6.03. The monoisotopic (exact) mass is 313 g/mol. The number of aryl methyl sites for hydroxylation is 2. The number of halogens is 1. The van der Waals surface area contributed by atoms with Gasteiger partial charge in [-0.3, -0.25) is 9.48 Å². The predicted molar refractivity (Wildman–Crippen MR) is 84.1 cm³/mol. The van der Waals surface area contributed by atoms with Gasteiger partial charge in [0, 0.05) is 18.8 Å². The molecule has 2 heterocycles. The first kappa shape index (κ1) is 15.0. The van der Waals surface area contributed by atoms with Gasteiger partial charge in [0.2, 0.25) is 0 Å². The van der Waals surface area contributed by atoms with Crippen LogP contribution in [0, 0.1) is 12.7 Å². The van der Waals surface area contributed by atoms with Crippen molar-refractivity contribution in [3.63, 3.8) is 0 Å². The Hall–Kier alpha value is -2.96. The molecule has 0 aliphatic carbocycles. The van der Waals surface area contributed by atoms with Crippen molar-refractivity contribution in [2.75, 3.05) is 5.32 Å². The second kappa shape index (κ2) is 6.04. The molecule has 0 aliphatic heterocycles. The normalized spacial score (nSPS) is 10.7. The maximum atomic E-state index is 13.1. The molecule has 2 aromatic heterocycles. The summed E-state index contributed by atoms with van der Waals surface area (Å²) in [4.78, 5) is 12.3. The molecular weight excluding hydrogens is 297 g/mol. The Labute approximate surface area is 132 Å². The van der Waals surface area contributed by atoms with Crippen molar-refractivity contribution in [3.05, 3.63) is 59.8 Å². The van der Waals surface area contributed by atoms with Crippen molar-refractivity contribution in [2.24, 2.45) is 0 Å². The molecule has 7 heteroatoms.